The molecule has 0 bridgehead atoms. The van der Waals surface area contributed by atoms with Crippen LogP contribution in [-0.2, 0) is 31.5 Å². The number of aryl methyl sites for hydroxylation is 1. The molecule has 1 aromatic carbocycles. The van der Waals surface area contributed by atoms with E-state index in [0.717, 1.165) is 11.1 Å². The fourth-order valence-electron chi connectivity index (χ4n) is 0.896. The summed E-state index contributed by atoms with van der Waals surface area (Å²) < 4.78 is 0. The van der Waals surface area contributed by atoms with E-state index in [1.807, 2.05) is 39.4 Å². The molecular formula is C12H15MnO4-. The van der Waals surface area contributed by atoms with Crippen LogP contribution in [-0.4, -0.2) is 26.2 Å². The van der Waals surface area contributed by atoms with Gasteiger partial charge >= 0.3 is 0 Å². The van der Waals surface area contributed by atoms with E-state index in [4.69, 9.17) is 14.4 Å². The zero-order valence-corrected chi connectivity index (χ0v) is 10.8. The Kier molecular flexibility index (Phi) is 28.5. The third-order valence-electron chi connectivity index (χ3n) is 1.48. The molecule has 1 rings (SSSR count). The summed E-state index contributed by atoms with van der Waals surface area (Å²) in [6.45, 7) is 11.3. The average Bonchev–Trinajstić information content (AvgIpc) is 2.82. The molecule has 1 radical (unpaired) electrons. The van der Waals surface area contributed by atoms with Crippen molar-refractivity contribution in [2.24, 2.45) is 0 Å². The second kappa shape index (κ2) is 19.8. The quantitative estimate of drug-likeness (QED) is 0.356. The smallest absolute Gasteiger partial charge is 0.106 e. The first-order valence-corrected chi connectivity index (χ1v) is 4.01. The maximum absolute atomic E-state index is 11.0. The molecule has 0 aromatic heterocycles. The SMILES string of the molecule is C=CC(=O)[c-]1cccc1C.C=O.C=O.C=O.[Mn]. The van der Waals surface area contributed by atoms with Crippen molar-refractivity contribution in [3.05, 3.63) is 42.0 Å². The molecule has 0 aliphatic heterocycles. The van der Waals surface area contributed by atoms with E-state index in [-0.39, 0.29) is 22.9 Å². The molecular weight excluding hydrogens is 263 g/mol. The topological polar surface area (TPSA) is 68.3 Å². The summed E-state index contributed by atoms with van der Waals surface area (Å²) in [6, 6.07) is 5.59. The van der Waals surface area contributed by atoms with Crippen molar-refractivity contribution in [3.63, 3.8) is 0 Å². The molecule has 5 heteroatoms. The molecule has 0 fully saturated rings. The van der Waals surface area contributed by atoms with Gasteiger partial charge in [-0.2, -0.15) is 12.1 Å². The second-order valence-electron chi connectivity index (χ2n) is 2.19. The zero-order chi connectivity index (χ0) is 13.6. The summed E-state index contributed by atoms with van der Waals surface area (Å²) in [4.78, 5) is 35.0. The Morgan fingerprint density at radius 2 is 1.59 bits per heavy atom. The van der Waals surface area contributed by atoms with Gasteiger partial charge in [0, 0.05) is 17.1 Å². The Morgan fingerprint density at radius 3 is 1.82 bits per heavy atom. The molecule has 0 spiro atoms. The van der Waals surface area contributed by atoms with Crippen LogP contribution < -0.4 is 0 Å². The molecule has 4 nitrogen and oxygen atoms in total. The van der Waals surface area contributed by atoms with Crippen LogP contribution in [0.4, 0.5) is 0 Å². The van der Waals surface area contributed by atoms with Crippen molar-refractivity contribution in [1.82, 2.24) is 0 Å². The number of carbonyl (C=O) groups excluding carboxylic acids is 4. The van der Waals surface area contributed by atoms with Gasteiger partial charge in [-0.25, -0.2) is 0 Å². The van der Waals surface area contributed by atoms with Gasteiger partial charge in [0.25, 0.3) is 0 Å². The number of carbonyl (C=O) groups is 4. The third kappa shape index (κ3) is 10.6. The van der Waals surface area contributed by atoms with Gasteiger partial charge in [0.1, 0.15) is 26.2 Å². The van der Waals surface area contributed by atoms with Gasteiger partial charge in [0.05, 0.1) is 0 Å². The van der Waals surface area contributed by atoms with Crippen molar-refractivity contribution in [3.8, 4) is 0 Å². The summed E-state index contributed by atoms with van der Waals surface area (Å²) in [5.41, 5.74) is 1.78. The van der Waals surface area contributed by atoms with E-state index in [9.17, 15) is 4.79 Å². The first-order valence-electron chi connectivity index (χ1n) is 4.01. The number of hydrogen-bond donors (Lipinski definition) is 0. The maximum Gasteiger partial charge on any atom is 0.106 e. The van der Waals surface area contributed by atoms with Crippen LogP contribution in [0.2, 0.25) is 0 Å². The second-order valence-corrected chi connectivity index (χ2v) is 2.19. The summed E-state index contributed by atoms with van der Waals surface area (Å²) >= 11 is 0. The fraction of sp³-hybridized carbons (Fsp3) is 0.0833. The fourth-order valence-corrected chi connectivity index (χ4v) is 0.896. The molecule has 0 atom stereocenters. The van der Waals surface area contributed by atoms with Crippen molar-refractivity contribution >= 4 is 26.2 Å². The van der Waals surface area contributed by atoms with Crippen molar-refractivity contribution in [1.29, 1.82) is 0 Å². The predicted octanol–water partition coefficient (Wildman–Crippen LogP) is 1.53. The molecule has 0 saturated heterocycles. The molecule has 0 aliphatic rings. The monoisotopic (exact) mass is 278 g/mol. The van der Waals surface area contributed by atoms with Crippen LogP contribution in [0.25, 0.3) is 0 Å². The maximum atomic E-state index is 11.0. The third-order valence-corrected chi connectivity index (χ3v) is 1.48. The van der Waals surface area contributed by atoms with Crippen LogP contribution in [0, 0.1) is 6.92 Å². The van der Waals surface area contributed by atoms with E-state index in [0.29, 0.717) is 0 Å². The molecule has 0 aliphatic carbocycles. The van der Waals surface area contributed by atoms with E-state index < -0.39 is 0 Å². The Balaban J connectivity index is -0.000000106. The van der Waals surface area contributed by atoms with E-state index in [2.05, 4.69) is 6.58 Å². The number of ketones is 1. The molecule has 1 aromatic rings. The van der Waals surface area contributed by atoms with E-state index in [1.165, 1.54) is 6.08 Å². The normalized spacial score (nSPS) is 6.18. The summed E-state index contributed by atoms with van der Waals surface area (Å²) in [6.07, 6.45) is 1.34. The van der Waals surface area contributed by atoms with Crippen LogP contribution in [0.1, 0.15) is 15.9 Å². The van der Waals surface area contributed by atoms with Crippen molar-refractivity contribution in [2.75, 3.05) is 0 Å². The minimum atomic E-state index is 0. The van der Waals surface area contributed by atoms with Crippen LogP contribution in [0.3, 0.4) is 0 Å². The largest absolute Gasteiger partial charge is 0.311 e. The predicted molar refractivity (Wildman–Crippen MR) is 62.7 cm³/mol. The molecule has 0 N–H and O–H groups in total. The van der Waals surface area contributed by atoms with Gasteiger partial charge in [-0.15, -0.1) is 18.2 Å². The average molecular weight is 278 g/mol. The molecule has 0 saturated carbocycles. The van der Waals surface area contributed by atoms with Gasteiger partial charge in [-0.3, -0.25) is 0 Å². The summed E-state index contributed by atoms with van der Waals surface area (Å²) in [5, 5.41) is 0. The number of allylic oxidation sites excluding steroid dienone is 1. The van der Waals surface area contributed by atoms with E-state index in [1.54, 1.807) is 6.07 Å². The van der Waals surface area contributed by atoms with Crippen LogP contribution in [0.5, 0.6) is 0 Å². The first kappa shape index (κ1) is 24.5. The zero-order valence-electron chi connectivity index (χ0n) is 9.65. The summed E-state index contributed by atoms with van der Waals surface area (Å²) in [7, 11) is 0. The Bertz CT molecular complexity index is 302. The number of rotatable bonds is 2. The van der Waals surface area contributed by atoms with Crippen molar-refractivity contribution < 1.29 is 36.2 Å². The molecule has 17 heavy (non-hydrogen) atoms. The number of hydrogen-bond acceptors (Lipinski definition) is 4. The minimum Gasteiger partial charge on any atom is -0.311 e. The van der Waals surface area contributed by atoms with Gasteiger partial charge in [-0.05, 0) is 0 Å². The van der Waals surface area contributed by atoms with Crippen LogP contribution >= 0.6 is 0 Å². The van der Waals surface area contributed by atoms with E-state index >= 15 is 0 Å². The Hall–Kier alpha value is -1.71. The molecule has 95 valence electrons. The summed E-state index contributed by atoms with van der Waals surface area (Å²) in [5.74, 6) is 0.00231. The Morgan fingerprint density at radius 1 is 1.18 bits per heavy atom. The van der Waals surface area contributed by atoms with Gasteiger partial charge < -0.3 is 19.2 Å². The van der Waals surface area contributed by atoms with Gasteiger partial charge in [0.15, 0.2) is 0 Å². The van der Waals surface area contributed by atoms with Gasteiger partial charge in [-0.1, -0.05) is 18.6 Å². The molecule has 0 amide bonds. The van der Waals surface area contributed by atoms with Crippen molar-refractivity contribution in [2.45, 2.75) is 6.92 Å². The Labute approximate surface area is 112 Å². The van der Waals surface area contributed by atoms with Crippen LogP contribution in [0.15, 0.2) is 30.9 Å². The first-order chi connectivity index (χ1) is 7.75. The van der Waals surface area contributed by atoms with Gasteiger partial charge in [0.2, 0.25) is 0 Å². The molecule has 0 unspecified atom stereocenters. The minimum absolute atomic E-state index is 0. The molecule has 0 heterocycles. The standard InChI is InChI=1S/C9H9O.3CH2O.Mn/c1-3-9(10)8-6-4-5-7(8)2;3*1-2;/h3-6H,1H2,2H3;3*1H2;/q-1;;;;.